The van der Waals surface area contributed by atoms with Crippen molar-refractivity contribution in [3.05, 3.63) is 53.5 Å². The molecule has 2 aromatic heterocycles. The molecule has 1 saturated carbocycles. The Morgan fingerprint density at radius 1 is 1.29 bits per heavy atom. The Labute approximate surface area is 145 Å². The molecule has 1 fully saturated rings. The molecule has 0 unspecified atom stereocenters. The Morgan fingerprint density at radius 3 is 2.88 bits per heavy atom. The Balaban J connectivity index is 1.55. The largest absolute Gasteiger partial charge is 0.345 e. The molecular weight excluding hydrogens is 318 g/mol. The summed E-state index contributed by atoms with van der Waals surface area (Å²) in [6, 6.07) is 10.6. The standard InChI is InChI=1S/C19H19N3OS/c1-12-9-17(13(2)22(12)15-7-8-15)18(23)11-24-19-16-6-4-3-5-14(16)10-20-21-19/h3-6,9-10,15H,7-8,11H2,1-2H3. The third-order valence-electron chi connectivity index (χ3n) is 4.57. The van der Waals surface area contributed by atoms with E-state index < -0.39 is 0 Å². The number of benzene rings is 1. The molecule has 4 nitrogen and oxygen atoms in total. The van der Waals surface area contributed by atoms with E-state index in [2.05, 4.69) is 28.6 Å². The van der Waals surface area contributed by atoms with Crippen molar-refractivity contribution in [3.8, 4) is 0 Å². The SMILES string of the molecule is Cc1cc(C(=O)CSc2nncc3ccccc23)c(C)n1C1CC1. The second kappa shape index (κ2) is 6.06. The van der Waals surface area contributed by atoms with E-state index in [-0.39, 0.29) is 5.78 Å². The predicted octanol–water partition coefficient (Wildman–Crippen LogP) is 4.36. The van der Waals surface area contributed by atoms with E-state index in [0.717, 1.165) is 27.1 Å². The summed E-state index contributed by atoms with van der Waals surface area (Å²) < 4.78 is 2.32. The molecule has 1 aliphatic carbocycles. The maximum Gasteiger partial charge on any atom is 0.174 e. The van der Waals surface area contributed by atoms with Crippen LogP contribution in [0, 0.1) is 13.8 Å². The van der Waals surface area contributed by atoms with Gasteiger partial charge in [0, 0.05) is 33.8 Å². The lowest BCUT2D eigenvalue weighted by atomic mass is 10.2. The summed E-state index contributed by atoms with van der Waals surface area (Å²) in [7, 11) is 0. The first-order valence-electron chi connectivity index (χ1n) is 8.20. The molecular formula is C19H19N3OS. The van der Waals surface area contributed by atoms with E-state index in [1.54, 1.807) is 6.20 Å². The molecule has 2 heterocycles. The van der Waals surface area contributed by atoms with Crippen LogP contribution in [0.25, 0.3) is 10.8 Å². The second-order valence-corrected chi connectivity index (χ2v) is 7.30. The first-order valence-corrected chi connectivity index (χ1v) is 9.18. The quantitative estimate of drug-likeness (QED) is 0.513. The van der Waals surface area contributed by atoms with Gasteiger partial charge >= 0.3 is 0 Å². The van der Waals surface area contributed by atoms with Crippen LogP contribution in [0.4, 0.5) is 0 Å². The molecule has 4 rings (SSSR count). The summed E-state index contributed by atoms with van der Waals surface area (Å²) in [5, 5.41) is 11.2. The molecule has 24 heavy (non-hydrogen) atoms. The van der Waals surface area contributed by atoms with Gasteiger partial charge in [-0.05, 0) is 32.8 Å². The summed E-state index contributed by atoms with van der Waals surface area (Å²) in [5.41, 5.74) is 3.14. The van der Waals surface area contributed by atoms with Crippen molar-refractivity contribution >= 4 is 28.3 Å². The molecule has 0 atom stereocenters. The molecule has 0 spiro atoms. The zero-order valence-corrected chi connectivity index (χ0v) is 14.6. The van der Waals surface area contributed by atoms with Crippen molar-refractivity contribution in [2.45, 2.75) is 37.8 Å². The number of carbonyl (C=O) groups is 1. The highest BCUT2D eigenvalue weighted by Gasteiger charge is 2.28. The van der Waals surface area contributed by atoms with Gasteiger partial charge in [-0.15, -0.1) is 5.10 Å². The third kappa shape index (κ3) is 2.73. The topological polar surface area (TPSA) is 47.8 Å². The van der Waals surface area contributed by atoms with Gasteiger partial charge in [0.1, 0.15) is 5.03 Å². The van der Waals surface area contributed by atoms with Crippen LogP contribution in [0.15, 0.2) is 41.6 Å². The summed E-state index contributed by atoms with van der Waals surface area (Å²) in [4.78, 5) is 12.7. The van der Waals surface area contributed by atoms with Crippen molar-refractivity contribution in [1.29, 1.82) is 0 Å². The van der Waals surface area contributed by atoms with Crippen LogP contribution in [-0.2, 0) is 0 Å². The Morgan fingerprint density at radius 2 is 2.08 bits per heavy atom. The summed E-state index contributed by atoms with van der Waals surface area (Å²) in [6.45, 7) is 4.15. The number of ketones is 1. The fraction of sp³-hybridized carbons (Fsp3) is 0.316. The van der Waals surface area contributed by atoms with E-state index in [4.69, 9.17) is 0 Å². The zero-order chi connectivity index (χ0) is 16.7. The minimum atomic E-state index is 0.162. The lowest BCUT2D eigenvalue weighted by molar-refractivity contribution is 0.102. The summed E-state index contributed by atoms with van der Waals surface area (Å²) >= 11 is 1.47. The number of hydrogen-bond acceptors (Lipinski definition) is 4. The van der Waals surface area contributed by atoms with Gasteiger partial charge in [-0.3, -0.25) is 4.79 Å². The number of aryl methyl sites for hydroxylation is 1. The van der Waals surface area contributed by atoms with Crippen molar-refractivity contribution in [2.75, 3.05) is 5.75 Å². The number of hydrogen-bond donors (Lipinski definition) is 0. The van der Waals surface area contributed by atoms with Gasteiger partial charge in [-0.25, -0.2) is 0 Å². The van der Waals surface area contributed by atoms with E-state index in [1.807, 2.05) is 30.3 Å². The van der Waals surface area contributed by atoms with Gasteiger partial charge < -0.3 is 4.57 Å². The van der Waals surface area contributed by atoms with Gasteiger partial charge in [0.2, 0.25) is 0 Å². The number of rotatable bonds is 5. The van der Waals surface area contributed by atoms with Gasteiger partial charge in [-0.1, -0.05) is 36.0 Å². The van der Waals surface area contributed by atoms with Crippen molar-refractivity contribution < 1.29 is 4.79 Å². The predicted molar refractivity (Wildman–Crippen MR) is 96.8 cm³/mol. The number of Topliss-reactive ketones (excluding diaryl/α,β-unsaturated/α-hetero) is 1. The highest BCUT2D eigenvalue weighted by molar-refractivity contribution is 8.00. The number of carbonyl (C=O) groups excluding carboxylic acids is 1. The Kier molecular flexibility index (Phi) is 3.88. The molecule has 0 bridgehead atoms. The second-order valence-electron chi connectivity index (χ2n) is 6.33. The van der Waals surface area contributed by atoms with Crippen LogP contribution >= 0.6 is 11.8 Å². The van der Waals surface area contributed by atoms with E-state index >= 15 is 0 Å². The van der Waals surface area contributed by atoms with Crippen LogP contribution in [0.1, 0.15) is 40.6 Å². The average molecular weight is 337 g/mol. The highest BCUT2D eigenvalue weighted by Crippen LogP contribution is 2.38. The molecule has 0 N–H and O–H groups in total. The van der Waals surface area contributed by atoms with Crippen LogP contribution in [0.3, 0.4) is 0 Å². The molecule has 1 aromatic carbocycles. The van der Waals surface area contributed by atoms with Crippen LogP contribution in [0.5, 0.6) is 0 Å². The maximum atomic E-state index is 12.7. The van der Waals surface area contributed by atoms with Crippen LogP contribution in [-0.4, -0.2) is 26.3 Å². The maximum absolute atomic E-state index is 12.7. The fourth-order valence-electron chi connectivity index (χ4n) is 3.27. The van der Waals surface area contributed by atoms with Crippen molar-refractivity contribution in [1.82, 2.24) is 14.8 Å². The van der Waals surface area contributed by atoms with Gasteiger partial charge in [0.15, 0.2) is 5.78 Å². The smallest absolute Gasteiger partial charge is 0.174 e. The van der Waals surface area contributed by atoms with Gasteiger partial charge in [0.05, 0.1) is 11.9 Å². The molecule has 5 heteroatoms. The number of fused-ring (bicyclic) bond motifs is 1. The molecule has 122 valence electrons. The van der Waals surface area contributed by atoms with E-state index in [0.29, 0.717) is 11.8 Å². The lowest BCUT2D eigenvalue weighted by Gasteiger charge is -2.07. The molecule has 0 saturated heterocycles. The summed E-state index contributed by atoms with van der Waals surface area (Å²) in [6.07, 6.45) is 4.21. The first kappa shape index (κ1) is 15.4. The summed E-state index contributed by atoms with van der Waals surface area (Å²) in [5.74, 6) is 0.548. The van der Waals surface area contributed by atoms with Gasteiger partial charge in [-0.2, -0.15) is 5.10 Å². The third-order valence-corrected chi connectivity index (χ3v) is 5.55. The lowest BCUT2D eigenvalue weighted by Crippen LogP contribution is -2.06. The zero-order valence-electron chi connectivity index (χ0n) is 13.8. The molecule has 1 aliphatic rings. The van der Waals surface area contributed by atoms with Crippen molar-refractivity contribution in [2.24, 2.45) is 0 Å². The van der Waals surface area contributed by atoms with E-state index in [1.165, 1.54) is 30.3 Å². The molecule has 0 amide bonds. The Hall–Kier alpha value is -2.14. The molecule has 0 radical (unpaired) electrons. The average Bonchev–Trinajstić information content (AvgIpc) is 3.38. The number of nitrogens with zero attached hydrogens (tertiary/aromatic N) is 3. The minimum Gasteiger partial charge on any atom is -0.345 e. The van der Waals surface area contributed by atoms with Crippen LogP contribution in [0.2, 0.25) is 0 Å². The molecule has 3 aromatic rings. The van der Waals surface area contributed by atoms with E-state index in [9.17, 15) is 4.79 Å². The molecule has 0 aliphatic heterocycles. The normalized spacial score (nSPS) is 14.2. The van der Waals surface area contributed by atoms with Crippen molar-refractivity contribution in [3.63, 3.8) is 0 Å². The fourth-order valence-corrected chi connectivity index (χ4v) is 4.14. The van der Waals surface area contributed by atoms with Gasteiger partial charge in [0.25, 0.3) is 0 Å². The number of thioether (sulfide) groups is 1. The number of aromatic nitrogens is 3. The van der Waals surface area contributed by atoms with Crippen LogP contribution < -0.4 is 0 Å². The first-order chi connectivity index (χ1) is 11.6. The minimum absolute atomic E-state index is 0.162. The highest BCUT2D eigenvalue weighted by atomic mass is 32.2. The monoisotopic (exact) mass is 337 g/mol. The Bertz CT molecular complexity index is 922.